The molecule has 0 saturated carbocycles. The van der Waals surface area contributed by atoms with Crippen LogP contribution >= 0.6 is 11.3 Å². The van der Waals surface area contributed by atoms with Gasteiger partial charge in [-0.15, -0.1) is 11.3 Å². The Labute approximate surface area is 152 Å². The van der Waals surface area contributed by atoms with E-state index in [2.05, 4.69) is 19.9 Å². The van der Waals surface area contributed by atoms with Gasteiger partial charge in [0.2, 0.25) is 0 Å². The number of thiophene rings is 1. The number of hydrogen-bond donors (Lipinski definition) is 2. The summed E-state index contributed by atoms with van der Waals surface area (Å²) in [7, 11) is 0. The van der Waals surface area contributed by atoms with E-state index in [0.29, 0.717) is 40.4 Å². The highest BCUT2D eigenvalue weighted by atomic mass is 32.1. The number of nitrogens with one attached hydrogen (secondary N) is 1. The van der Waals surface area contributed by atoms with Gasteiger partial charge >= 0.3 is 5.97 Å². The van der Waals surface area contributed by atoms with Gasteiger partial charge in [-0.3, -0.25) is 4.79 Å². The fourth-order valence-electron chi connectivity index (χ4n) is 2.99. The first-order valence-electron chi connectivity index (χ1n) is 8.10. The fourth-order valence-corrected chi connectivity index (χ4v) is 4.01. The standard InChI is InChI=1S/C17H16N4O4S/c1-9-12-15(22)19-14(20-16(12)26-13(9)17(23)24)10-2-3-11(18-8-10)21-4-6-25-7-5-21/h2-3,8H,4-7H2,1H3,(H,23,24)(H,19,20,22). The number of carboxylic acids is 1. The number of ether oxygens (including phenoxy) is 1. The van der Waals surface area contributed by atoms with Crippen LogP contribution in [0.25, 0.3) is 21.6 Å². The quantitative estimate of drug-likeness (QED) is 0.723. The minimum absolute atomic E-state index is 0.135. The number of aromatic amines is 1. The summed E-state index contributed by atoms with van der Waals surface area (Å²) in [6, 6.07) is 3.73. The molecule has 0 aromatic carbocycles. The summed E-state index contributed by atoms with van der Waals surface area (Å²) in [6.07, 6.45) is 1.66. The number of rotatable bonds is 3. The van der Waals surface area contributed by atoms with E-state index in [4.69, 9.17) is 4.74 Å². The lowest BCUT2D eigenvalue weighted by Crippen LogP contribution is -2.36. The summed E-state index contributed by atoms with van der Waals surface area (Å²) in [5.74, 6) is 0.172. The zero-order valence-electron chi connectivity index (χ0n) is 14.0. The Morgan fingerprint density at radius 2 is 2.12 bits per heavy atom. The number of anilines is 1. The van der Waals surface area contributed by atoms with Crippen molar-refractivity contribution in [2.24, 2.45) is 0 Å². The molecule has 1 fully saturated rings. The normalized spacial score (nSPS) is 14.7. The third kappa shape index (κ3) is 2.85. The Bertz CT molecular complexity index is 1040. The Morgan fingerprint density at radius 1 is 1.35 bits per heavy atom. The first kappa shape index (κ1) is 16.7. The zero-order valence-corrected chi connectivity index (χ0v) is 14.8. The molecule has 0 unspecified atom stereocenters. The molecule has 3 aromatic rings. The minimum Gasteiger partial charge on any atom is -0.477 e. The van der Waals surface area contributed by atoms with Gasteiger partial charge in [0.05, 0.1) is 18.6 Å². The highest BCUT2D eigenvalue weighted by Gasteiger charge is 2.19. The third-order valence-corrected chi connectivity index (χ3v) is 5.52. The fraction of sp³-hybridized carbons (Fsp3) is 0.294. The van der Waals surface area contributed by atoms with Crippen molar-refractivity contribution in [3.8, 4) is 11.4 Å². The second-order valence-electron chi connectivity index (χ2n) is 5.96. The van der Waals surface area contributed by atoms with Crippen LogP contribution in [-0.4, -0.2) is 52.3 Å². The molecule has 0 spiro atoms. The Balaban J connectivity index is 1.72. The molecule has 0 bridgehead atoms. The van der Waals surface area contributed by atoms with Crippen LogP contribution in [0, 0.1) is 6.92 Å². The van der Waals surface area contributed by atoms with E-state index in [0.717, 1.165) is 30.2 Å². The lowest BCUT2D eigenvalue weighted by Gasteiger charge is -2.27. The highest BCUT2D eigenvalue weighted by molar-refractivity contribution is 7.20. The van der Waals surface area contributed by atoms with Crippen molar-refractivity contribution in [1.82, 2.24) is 15.0 Å². The number of fused-ring (bicyclic) bond motifs is 1. The van der Waals surface area contributed by atoms with Gasteiger partial charge in [-0.25, -0.2) is 14.8 Å². The van der Waals surface area contributed by atoms with Crippen LogP contribution in [0.2, 0.25) is 0 Å². The maximum Gasteiger partial charge on any atom is 0.346 e. The van der Waals surface area contributed by atoms with Crippen LogP contribution < -0.4 is 10.5 Å². The van der Waals surface area contributed by atoms with E-state index in [9.17, 15) is 14.7 Å². The van der Waals surface area contributed by atoms with Crippen molar-refractivity contribution in [2.75, 3.05) is 31.2 Å². The monoisotopic (exact) mass is 372 g/mol. The number of aromatic nitrogens is 3. The second-order valence-corrected chi connectivity index (χ2v) is 6.96. The Morgan fingerprint density at radius 3 is 2.77 bits per heavy atom. The predicted octanol–water partition coefficient (Wildman–Crippen LogP) is 1.89. The van der Waals surface area contributed by atoms with Gasteiger partial charge in [-0.05, 0) is 24.6 Å². The Hall–Kier alpha value is -2.78. The van der Waals surface area contributed by atoms with Gasteiger partial charge < -0.3 is 19.7 Å². The van der Waals surface area contributed by atoms with Gasteiger partial charge in [0, 0.05) is 24.8 Å². The first-order valence-corrected chi connectivity index (χ1v) is 8.92. The maximum absolute atomic E-state index is 12.4. The number of pyridine rings is 1. The molecule has 1 aliphatic heterocycles. The van der Waals surface area contributed by atoms with E-state index in [-0.39, 0.29) is 10.4 Å². The summed E-state index contributed by atoms with van der Waals surface area (Å²) in [5, 5.41) is 9.57. The summed E-state index contributed by atoms with van der Waals surface area (Å²) < 4.78 is 5.34. The van der Waals surface area contributed by atoms with E-state index >= 15 is 0 Å². The van der Waals surface area contributed by atoms with Crippen molar-refractivity contribution in [3.63, 3.8) is 0 Å². The van der Waals surface area contributed by atoms with Crippen molar-refractivity contribution in [1.29, 1.82) is 0 Å². The number of morpholine rings is 1. The molecule has 134 valence electrons. The third-order valence-electron chi connectivity index (χ3n) is 4.35. The van der Waals surface area contributed by atoms with Gasteiger partial charge in [0.1, 0.15) is 21.3 Å². The molecular formula is C17H16N4O4S. The molecule has 2 N–H and O–H groups in total. The largest absolute Gasteiger partial charge is 0.477 e. The number of carbonyl (C=O) groups is 1. The van der Waals surface area contributed by atoms with E-state index in [1.54, 1.807) is 13.1 Å². The molecule has 4 rings (SSSR count). The lowest BCUT2D eigenvalue weighted by atomic mass is 10.2. The predicted molar refractivity (Wildman–Crippen MR) is 98.2 cm³/mol. The van der Waals surface area contributed by atoms with Crippen molar-refractivity contribution < 1.29 is 14.6 Å². The molecule has 1 aliphatic rings. The molecule has 4 heterocycles. The molecule has 0 atom stereocenters. The minimum atomic E-state index is -1.05. The molecule has 8 nitrogen and oxygen atoms in total. The molecule has 3 aromatic heterocycles. The molecule has 0 aliphatic carbocycles. The van der Waals surface area contributed by atoms with Crippen LogP contribution in [0.15, 0.2) is 23.1 Å². The van der Waals surface area contributed by atoms with Crippen LogP contribution in [0.3, 0.4) is 0 Å². The summed E-state index contributed by atoms with van der Waals surface area (Å²) in [5.41, 5.74) is 0.769. The molecule has 0 radical (unpaired) electrons. The van der Waals surface area contributed by atoms with Crippen molar-refractivity contribution in [3.05, 3.63) is 39.1 Å². The van der Waals surface area contributed by atoms with Gasteiger partial charge in [-0.1, -0.05) is 0 Å². The summed E-state index contributed by atoms with van der Waals surface area (Å²) >= 11 is 1.01. The van der Waals surface area contributed by atoms with Crippen LogP contribution in [0.4, 0.5) is 5.82 Å². The molecule has 1 saturated heterocycles. The number of H-pyrrole nitrogens is 1. The van der Waals surface area contributed by atoms with Crippen LogP contribution in [0.5, 0.6) is 0 Å². The second kappa shape index (κ2) is 6.50. The van der Waals surface area contributed by atoms with Gasteiger partial charge in [0.15, 0.2) is 0 Å². The molecular weight excluding hydrogens is 356 g/mol. The molecule has 0 amide bonds. The first-order chi connectivity index (χ1) is 12.5. The number of carboxylic acid groups (broad SMARTS) is 1. The average Bonchev–Trinajstić information content (AvgIpc) is 3.00. The zero-order chi connectivity index (χ0) is 18.3. The summed E-state index contributed by atoms with van der Waals surface area (Å²) in [6.45, 7) is 4.56. The van der Waals surface area contributed by atoms with Gasteiger partial charge in [0.25, 0.3) is 5.56 Å². The van der Waals surface area contributed by atoms with Gasteiger partial charge in [-0.2, -0.15) is 0 Å². The number of aromatic carboxylic acids is 1. The maximum atomic E-state index is 12.4. The van der Waals surface area contributed by atoms with E-state index < -0.39 is 5.97 Å². The molecule has 26 heavy (non-hydrogen) atoms. The van der Waals surface area contributed by atoms with E-state index in [1.807, 2.05) is 12.1 Å². The highest BCUT2D eigenvalue weighted by Crippen LogP contribution is 2.28. The average molecular weight is 372 g/mol. The lowest BCUT2D eigenvalue weighted by molar-refractivity contribution is 0.0701. The van der Waals surface area contributed by atoms with Crippen LogP contribution in [-0.2, 0) is 4.74 Å². The Kier molecular flexibility index (Phi) is 4.17. The topological polar surface area (TPSA) is 108 Å². The van der Waals surface area contributed by atoms with Crippen molar-refractivity contribution in [2.45, 2.75) is 6.92 Å². The number of nitrogens with zero attached hydrogens (tertiary/aromatic N) is 3. The smallest absolute Gasteiger partial charge is 0.346 e. The number of aryl methyl sites for hydroxylation is 1. The SMILES string of the molecule is Cc1c(C(=O)O)sc2nc(-c3ccc(N4CCOCC4)nc3)[nH]c(=O)c12. The van der Waals surface area contributed by atoms with E-state index in [1.165, 1.54) is 0 Å². The van der Waals surface area contributed by atoms with Crippen molar-refractivity contribution >= 4 is 33.3 Å². The molecule has 9 heteroatoms. The van der Waals surface area contributed by atoms with Crippen LogP contribution in [0.1, 0.15) is 15.2 Å². The number of hydrogen-bond acceptors (Lipinski definition) is 7. The summed E-state index contributed by atoms with van der Waals surface area (Å²) in [4.78, 5) is 38.0.